The molecule has 1 N–H and O–H groups in total. The third-order valence-electron chi connectivity index (χ3n) is 2.91. The van der Waals surface area contributed by atoms with Crippen LogP contribution in [0.15, 0.2) is 29.1 Å². The first-order chi connectivity index (χ1) is 9.45. The van der Waals surface area contributed by atoms with E-state index >= 15 is 0 Å². The van der Waals surface area contributed by atoms with Crippen LogP contribution in [-0.4, -0.2) is 14.5 Å². The Labute approximate surface area is 120 Å². The van der Waals surface area contributed by atoms with E-state index < -0.39 is 11.7 Å². The number of imidazole rings is 1. The standard InChI is InChI=1S/C12H8F3N3S2/c13-12(14,15)7-1-2-10-9(3-7)17-11(19)18(10)4-8-5-20-6-16-8/h1-3,5-6H,4H2,(H,17,19). The molecule has 0 spiro atoms. The van der Waals surface area contributed by atoms with Crippen molar-refractivity contribution in [1.82, 2.24) is 14.5 Å². The molecule has 3 rings (SSSR count). The Morgan fingerprint density at radius 3 is 2.80 bits per heavy atom. The van der Waals surface area contributed by atoms with Gasteiger partial charge in [0, 0.05) is 5.38 Å². The van der Waals surface area contributed by atoms with Crippen LogP contribution in [-0.2, 0) is 12.7 Å². The summed E-state index contributed by atoms with van der Waals surface area (Å²) in [5.74, 6) is 0. The van der Waals surface area contributed by atoms with Gasteiger partial charge in [0.05, 0.1) is 34.3 Å². The number of fused-ring (bicyclic) bond motifs is 1. The maximum atomic E-state index is 12.7. The first-order valence-electron chi connectivity index (χ1n) is 5.62. The van der Waals surface area contributed by atoms with E-state index in [0.717, 1.165) is 17.8 Å². The van der Waals surface area contributed by atoms with E-state index in [1.54, 1.807) is 10.1 Å². The highest BCUT2D eigenvalue weighted by Gasteiger charge is 2.30. The van der Waals surface area contributed by atoms with Crippen LogP contribution in [0.5, 0.6) is 0 Å². The fourth-order valence-electron chi connectivity index (χ4n) is 1.97. The maximum Gasteiger partial charge on any atom is 0.416 e. The topological polar surface area (TPSA) is 33.6 Å². The Hall–Kier alpha value is -1.67. The third-order valence-corrected chi connectivity index (χ3v) is 3.86. The van der Waals surface area contributed by atoms with Crippen LogP contribution >= 0.6 is 23.6 Å². The van der Waals surface area contributed by atoms with Gasteiger partial charge >= 0.3 is 6.18 Å². The van der Waals surface area contributed by atoms with E-state index in [1.165, 1.54) is 17.4 Å². The Kier molecular flexibility index (Phi) is 3.14. The number of H-pyrrole nitrogens is 1. The number of aromatic nitrogens is 3. The van der Waals surface area contributed by atoms with E-state index in [0.29, 0.717) is 22.3 Å². The summed E-state index contributed by atoms with van der Waals surface area (Å²) in [6.07, 6.45) is -4.36. The van der Waals surface area contributed by atoms with Crippen LogP contribution in [0.1, 0.15) is 11.3 Å². The largest absolute Gasteiger partial charge is 0.416 e. The summed E-state index contributed by atoms with van der Waals surface area (Å²) in [6, 6.07) is 3.56. The Morgan fingerprint density at radius 2 is 2.15 bits per heavy atom. The number of nitrogens with one attached hydrogen (secondary N) is 1. The van der Waals surface area contributed by atoms with Crippen molar-refractivity contribution in [3.63, 3.8) is 0 Å². The zero-order chi connectivity index (χ0) is 14.3. The summed E-state index contributed by atoms with van der Waals surface area (Å²) in [4.78, 5) is 6.96. The van der Waals surface area contributed by atoms with Gasteiger partial charge in [0.15, 0.2) is 4.77 Å². The predicted octanol–water partition coefficient (Wildman–Crippen LogP) is 4.22. The summed E-state index contributed by atoms with van der Waals surface area (Å²) in [6.45, 7) is 0.438. The van der Waals surface area contributed by atoms with Crippen LogP contribution in [0.25, 0.3) is 11.0 Å². The van der Waals surface area contributed by atoms with Crippen molar-refractivity contribution >= 4 is 34.6 Å². The molecule has 2 aromatic heterocycles. The zero-order valence-electron chi connectivity index (χ0n) is 9.94. The summed E-state index contributed by atoms with van der Waals surface area (Å²) in [5.41, 5.74) is 2.85. The minimum atomic E-state index is -4.36. The lowest BCUT2D eigenvalue weighted by Gasteiger charge is -2.07. The second-order valence-electron chi connectivity index (χ2n) is 4.23. The van der Waals surface area contributed by atoms with E-state index in [1.807, 2.05) is 5.38 Å². The number of alkyl halides is 3. The number of rotatable bonds is 2. The van der Waals surface area contributed by atoms with Crippen molar-refractivity contribution in [2.75, 3.05) is 0 Å². The number of benzene rings is 1. The lowest BCUT2D eigenvalue weighted by atomic mass is 10.2. The van der Waals surface area contributed by atoms with E-state index in [-0.39, 0.29) is 0 Å². The molecule has 0 fully saturated rings. The van der Waals surface area contributed by atoms with Gasteiger partial charge in [-0.15, -0.1) is 11.3 Å². The van der Waals surface area contributed by atoms with E-state index in [9.17, 15) is 13.2 Å². The highest BCUT2D eigenvalue weighted by molar-refractivity contribution is 7.71. The lowest BCUT2D eigenvalue weighted by Crippen LogP contribution is -2.04. The number of thiazole rings is 1. The van der Waals surface area contributed by atoms with Crippen molar-refractivity contribution < 1.29 is 13.2 Å². The second-order valence-corrected chi connectivity index (χ2v) is 5.33. The molecule has 2 heterocycles. The molecular weight excluding hydrogens is 307 g/mol. The second kappa shape index (κ2) is 4.71. The number of hydrogen-bond donors (Lipinski definition) is 1. The molecule has 0 saturated heterocycles. The summed E-state index contributed by atoms with van der Waals surface area (Å²) in [5, 5.41) is 1.88. The maximum absolute atomic E-state index is 12.7. The van der Waals surface area contributed by atoms with Crippen LogP contribution in [0.3, 0.4) is 0 Å². The van der Waals surface area contributed by atoms with Gasteiger partial charge in [0.1, 0.15) is 0 Å². The summed E-state index contributed by atoms with van der Waals surface area (Å²) in [7, 11) is 0. The highest BCUT2D eigenvalue weighted by atomic mass is 32.1. The SMILES string of the molecule is FC(F)(F)c1ccc2c(c1)[nH]c(=S)n2Cc1cscn1. The molecule has 0 unspecified atom stereocenters. The average molecular weight is 315 g/mol. The monoisotopic (exact) mass is 315 g/mol. The molecule has 0 atom stereocenters. The van der Waals surface area contributed by atoms with Gasteiger partial charge in [0.2, 0.25) is 0 Å². The van der Waals surface area contributed by atoms with Crippen molar-refractivity contribution in [3.8, 4) is 0 Å². The molecule has 0 saturated carbocycles. The van der Waals surface area contributed by atoms with Gasteiger partial charge in [-0.3, -0.25) is 0 Å². The Morgan fingerprint density at radius 1 is 1.35 bits per heavy atom. The Bertz CT molecular complexity index is 800. The lowest BCUT2D eigenvalue weighted by molar-refractivity contribution is -0.137. The molecule has 0 aliphatic rings. The molecular formula is C12H8F3N3S2. The molecule has 3 nitrogen and oxygen atoms in total. The number of hydrogen-bond acceptors (Lipinski definition) is 3. The molecule has 0 bridgehead atoms. The van der Waals surface area contributed by atoms with Crippen LogP contribution in [0.2, 0.25) is 0 Å². The van der Waals surface area contributed by atoms with Crippen LogP contribution < -0.4 is 0 Å². The van der Waals surface area contributed by atoms with Gasteiger partial charge in [0.25, 0.3) is 0 Å². The van der Waals surface area contributed by atoms with Gasteiger partial charge in [-0.25, -0.2) is 4.98 Å². The minimum Gasteiger partial charge on any atom is -0.331 e. The molecule has 3 aromatic rings. The van der Waals surface area contributed by atoms with Gasteiger partial charge < -0.3 is 9.55 Å². The quantitative estimate of drug-likeness (QED) is 0.718. The Balaban J connectivity index is 2.10. The zero-order valence-corrected chi connectivity index (χ0v) is 11.6. The number of aromatic amines is 1. The van der Waals surface area contributed by atoms with Crippen molar-refractivity contribution in [2.24, 2.45) is 0 Å². The van der Waals surface area contributed by atoms with Gasteiger partial charge in [-0.2, -0.15) is 13.2 Å². The first kappa shape index (κ1) is 13.3. The summed E-state index contributed by atoms with van der Waals surface area (Å²) >= 11 is 6.63. The fraction of sp³-hybridized carbons (Fsp3) is 0.167. The first-order valence-corrected chi connectivity index (χ1v) is 6.97. The molecule has 0 amide bonds. The van der Waals surface area contributed by atoms with Gasteiger partial charge in [-0.05, 0) is 30.4 Å². The molecule has 0 radical (unpaired) electrons. The fourth-order valence-corrected chi connectivity index (χ4v) is 2.80. The van der Waals surface area contributed by atoms with Crippen molar-refractivity contribution in [3.05, 3.63) is 45.1 Å². The third kappa shape index (κ3) is 2.36. The molecule has 0 aliphatic carbocycles. The van der Waals surface area contributed by atoms with Crippen LogP contribution in [0, 0.1) is 4.77 Å². The highest BCUT2D eigenvalue weighted by Crippen LogP contribution is 2.31. The average Bonchev–Trinajstić information content (AvgIpc) is 2.97. The van der Waals surface area contributed by atoms with E-state index in [4.69, 9.17) is 12.2 Å². The smallest absolute Gasteiger partial charge is 0.331 e. The molecule has 20 heavy (non-hydrogen) atoms. The number of halogens is 3. The van der Waals surface area contributed by atoms with Crippen molar-refractivity contribution in [1.29, 1.82) is 0 Å². The molecule has 104 valence electrons. The van der Waals surface area contributed by atoms with Crippen molar-refractivity contribution in [2.45, 2.75) is 12.7 Å². The van der Waals surface area contributed by atoms with E-state index in [2.05, 4.69) is 9.97 Å². The van der Waals surface area contributed by atoms with Crippen LogP contribution in [0.4, 0.5) is 13.2 Å². The summed E-state index contributed by atoms with van der Waals surface area (Å²) < 4.78 is 40.1. The van der Waals surface area contributed by atoms with Gasteiger partial charge in [-0.1, -0.05) is 0 Å². The minimum absolute atomic E-state index is 0.375. The molecule has 0 aliphatic heterocycles. The predicted molar refractivity (Wildman–Crippen MR) is 73.3 cm³/mol. The molecule has 8 heteroatoms. The number of nitrogens with zero attached hydrogens (tertiary/aromatic N) is 2. The molecule has 1 aromatic carbocycles. The normalized spacial score (nSPS) is 12.2.